The molecule has 160 valence electrons. The first-order valence-electron chi connectivity index (χ1n) is 9.00. The molecule has 0 aliphatic carbocycles. The van der Waals surface area contributed by atoms with Crippen molar-refractivity contribution in [3.05, 3.63) is 87.9 Å². The molecule has 2 heterocycles. The highest BCUT2D eigenvalue weighted by Gasteiger charge is 2.19. The Morgan fingerprint density at radius 2 is 1.77 bits per heavy atom. The van der Waals surface area contributed by atoms with Gasteiger partial charge in [0.15, 0.2) is 5.03 Å². The maximum Gasteiger partial charge on any atom is 0.281 e. The van der Waals surface area contributed by atoms with Gasteiger partial charge in [0.25, 0.3) is 21.5 Å². The molecule has 0 saturated heterocycles. The first-order valence-corrected chi connectivity index (χ1v) is 10.9. The fourth-order valence-corrected chi connectivity index (χ4v) is 3.64. The van der Waals surface area contributed by atoms with Gasteiger partial charge in [0.2, 0.25) is 5.91 Å². The summed E-state index contributed by atoms with van der Waals surface area (Å²) in [6.45, 7) is -0.0753. The van der Waals surface area contributed by atoms with Gasteiger partial charge in [0.1, 0.15) is 0 Å². The quantitative estimate of drug-likeness (QED) is 0.550. The fourth-order valence-electron chi connectivity index (χ4n) is 2.58. The number of hydrogen-bond acceptors (Lipinski definition) is 6. The Balaban J connectivity index is 1.53. The molecule has 0 aliphatic heterocycles. The van der Waals surface area contributed by atoms with E-state index in [0.29, 0.717) is 11.3 Å². The van der Waals surface area contributed by atoms with Crippen LogP contribution in [0.1, 0.15) is 16.8 Å². The van der Waals surface area contributed by atoms with Crippen LogP contribution in [0.15, 0.2) is 76.8 Å². The molecule has 0 aliphatic rings. The number of hydrogen-bond donors (Lipinski definition) is 2. The smallest absolute Gasteiger partial charge is 0.281 e. The summed E-state index contributed by atoms with van der Waals surface area (Å²) in [7, 11) is -4.12. The molecular weight excluding hydrogens is 444 g/mol. The maximum atomic E-state index is 12.2. The van der Waals surface area contributed by atoms with E-state index in [1.807, 2.05) is 4.72 Å². The highest BCUT2D eigenvalue weighted by Crippen LogP contribution is 2.10. The van der Waals surface area contributed by atoms with Gasteiger partial charge in [0.05, 0.1) is 5.02 Å². The zero-order valence-corrected chi connectivity index (χ0v) is 17.6. The summed E-state index contributed by atoms with van der Waals surface area (Å²) in [5, 5.41) is 2.46. The third kappa shape index (κ3) is 5.77. The number of aromatic nitrogens is 2. The summed E-state index contributed by atoms with van der Waals surface area (Å²) in [4.78, 5) is 39.7. The van der Waals surface area contributed by atoms with Gasteiger partial charge in [-0.05, 0) is 42.5 Å². The van der Waals surface area contributed by atoms with Crippen molar-refractivity contribution in [2.24, 2.45) is 0 Å². The molecule has 0 fully saturated rings. The SMILES string of the molecule is O=C(CCNC(=O)c1ccc(-n2ccccc2=O)cc1)NS(=O)(=O)c1ccc(Cl)cn1. The Labute approximate surface area is 182 Å². The number of nitrogens with one attached hydrogen (secondary N) is 2. The summed E-state index contributed by atoms with van der Waals surface area (Å²) < 4.78 is 27.5. The van der Waals surface area contributed by atoms with Crippen molar-refractivity contribution < 1.29 is 18.0 Å². The van der Waals surface area contributed by atoms with Crippen molar-refractivity contribution in [1.29, 1.82) is 0 Å². The van der Waals surface area contributed by atoms with Gasteiger partial charge in [0, 0.05) is 42.7 Å². The number of amides is 2. The lowest BCUT2D eigenvalue weighted by molar-refractivity contribution is -0.119. The number of pyridine rings is 2. The molecule has 0 atom stereocenters. The van der Waals surface area contributed by atoms with E-state index in [4.69, 9.17) is 11.6 Å². The summed E-state index contributed by atoms with van der Waals surface area (Å²) in [5.41, 5.74) is 0.725. The third-order valence-corrected chi connectivity index (χ3v) is 5.60. The van der Waals surface area contributed by atoms with Crippen LogP contribution in [0.2, 0.25) is 5.02 Å². The molecule has 9 nitrogen and oxygen atoms in total. The summed E-state index contributed by atoms with van der Waals surface area (Å²) in [6.07, 6.45) is 2.51. The molecule has 31 heavy (non-hydrogen) atoms. The molecule has 3 rings (SSSR count). The molecule has 11 heteroatoms. The van der Waals surface area contributed by atoms with Crippen LogP contribution in [0.4, 0.5) is 0 Å². The highest BCUT2D eigenvalue weighted by molar-refractivity contribution is 7.90. The third-order valence-electron chi connectivity index (χ3n) is 4.09. The number of benzene rings is 1. The molecule has 0 saturated carbocycles. The van der Waals surface area contributed by atoms with Crippen LogP contribution in [0.3, 0.4) is 0 Å². The Morgan fingerprint density at radius 3 is 2.42 bits per heavy atom. The van der Waals surface area contributed by atoms with Crippen molar-refractivity contribution in [3.63, 3.8) is 0 Å². The van der Waals surface area contributed by atoms with E-state index in [1.165, 1.54) is 22.8 Å². The lowest BCUT2D eigenvalue weighted by atomic mass is 10.2. The standard InChI is InChI=1S/C20H17ClN4O5S/c21-15-6-9-18(23-13-15)31(29,30)24-17(26)10-11-22-20(28)14-4-7-16(8-5-14)25-12-2-1-3-19(25)27/h1-9,12-13H,10-11H2,(H,22,28)(H,24,26). The van der Waals surface area contributed by atoms with E-state index in [2.05, 4.69) is 10.3 Å². The van der Waals surface area contributed by atoms with Crippen LogP contribution in [0, 0.1) is 0 Å². The van der Waals surface area contributed by atoms with E-state index in [-0.39, 0.29) is 28.6 Å². The van der Waals surface area contributed by atoms with Crippen LogP contribution in [0.5, 0.6) is 0 Å². The van der Waals surface area contributed by atoms with Crippen LogP contribution in [-0.2, 0) is 14.8 Å². The zero-order valence-electron chi connectivity index (χ0n) is 16.0. The molecule has 0 unspecified atom stereocenters. The van der Waals surface area contributed by atoms with Crippen LogP contribution in [0.25, 0.3) is 5.69 Å². The molecule has 0 bridgehead atoms. The van der Waals surface area contributed by atoms with Gasteiger partial charge in [-0.2, -0.15) is 8.42 Å². The number of nitrogens with zero attached hydrogens (tertiary/aromatic N) is 2. The average Bonchev–Trinajstić information content (AvgIpc) is 2.74. The van der Waals surface area contributed by atoms with E-state index in [9.17, 15) is 22.8 Å². The molecule has 0 spiro atoms. The topological polar surface area (TPSA) is 127 Å². The molecule has 2 aromatic heterocycles. The van der Waals surface area contributed by atoms with Crippen LogP contribution >= 0.6 is 11.6 Å². The molecule has 1 aromatic carbocycles. The van der Waals surface area contributed by atoms with Crippen molar-refractivity contribution >= 4 is 33.4 Å². The lowest BCUT2D eigenvalue weighted by Gasteiger charge is -2.08. The highest BCUT2D eigenvalue weighted by atomic mass is 35.5. The Hall–Kier alpha value is -3.50. The predicted octanol–water partition coefficient (Wildman–Crippen LogP) is 1.51. The number of halogens is 1. The normalized spacial score (nSPS) is 11.0. The number of carbonyl (C=O) groups excluding carboxylic acids is 2. The summed E-state index contributed by atoms with van der Waals surface area (Å²) >= 11 is 5.66. The number of sulfonamides is 1. The fraction of sp³-hybridized carbons (Fsp3) is 0.100. The minimum Gasteiger partial charge on any atom is -0.352 e. The van der Waals surface area contributed by atoms with Crippen molar-refractivity contribution in [2.75, 3.05) is 6.54 Å². The summed E-state index contributed by atoms with van der Waals surface area (Å²) in [6, 6.07) is 13.6. The van der Waals surface area contributed by atoms with E-state index < -0.39 is 21.8 Å². The van der Waals surface area contributed by atoms with Crippen molar-refractivity contribution in [1.82, 2.24) is 19.6 Å². The number of carbonyl (C=O) groups is 2. The van der Waals surface area contributed by atoms with Crippen LogP contribution < -0.4 is 15.6 Å². The second-order valence-corrected chi connectivity index (χ2v) is 8.37. The van der Waals surface area contributed by atoms with Gasteiger partial charge in [-0.15, -0.1) is 0 Å². The van der Waals surface area contributed by atoms with E-state index in [0.717, 1.165) is 6.20 Å². The molecule has 2 amide bonds. The number of rotatable bonds is 7. The largest absolute Gasteiger partial charge is 0.352 e. The Bertz CT molecular complexity index is 1260. The molecule has 0 radical (unpaired) electrons. The zero-order chi connectivity index (χ0) is 22.4. The second kappa shape index (κ2) is 9.54. The van der Waals surface area contributed by atoms with Gasteiger partial charge in [-0.1, -0.05) is 17.7 Å². The Morgan fingerprint density at radius 1 is 1.03 bits per heavy atom. The van der Waals surface area contributed by atoms with Crippen molar-refractivity contribution in [2.45, 2.75) is 11.4 Å². The minimum atomic E-state index is -4.12. The van der Waals surface area contributed by atoms with Gasteiger partial charge >= 0.3 is 0 Å². The van der Waals surface area contributed by atoms with Crippen LogP contribution in [-0.4, -0.2) is 36.3 Å². The minimum absolute atomic E-state index is 0.0753. The molecule has 3 aromatic rings. The first kappa shape index (κ1) is 22.2. The maximum absolute atomic E-state index is 12.2. The monoisotopic (exact) mass is 460 g/mol. The summed E-state index contributed by atoms with van der Waals surface area (Å²) in [5.74, 6) is -1.24. The lowest BCUT2D eigenvalue weighted by Crippen LogP contribution is -2.34. The predicted molar refractivity (Wildman–Crippen MR) is 114 cm³/mol. The average molecular weight is 461 g/mol. The first-order chi connectivity index (χ1) is 14.8. The van der Waals surface area contributed by atoms with E-state index >= 15 is 0 Å². The molecule has 2 N–H and O–H groups in total. The molecular formula is C20H17ClN4O5S. The van der Waals surface area contributed by atoms with Crippen molar-refractivity contribution in [3.8, 4) is 5.69 Å². The van der Waals surface area contributed by atoms with Gasteiger partial charge < -0.3 is 5.32 Å². The second-order valence-electron chi connectivity index (χ2n) is 6.30. The van der Waals surface area contributed by atoms with Gasteiger partial charge in [-0.25, -0.2) is 9.71 Å². The Kier molecular flexibility index (Phi) is 6.83. The van der Waals surface area contributed by atoms with Gasteiger partial charge in [-0.3, -0.25) is 19.0 Å². The van der Waals surface area contributed by atoms with E-state index in [1.54, 1.807) is 42.6 Å².